The molecular formula is C12H16N4S. The number of hydrogen-bond donors (Lipinski definition) is 1. The molecule has 0 aliphatic heterocycles. The van der Waals surface area contributed by atoms with Crippen LogP contribution in [0.3, 0.4) is 0 Å². The van der Waals surface area contributed by atoms with Crippen molar-refractivity contribution in [2.75, 3.05) is 6.26 Å². The molecule has 2 rings (SSSR count). The minimum absolute atomic E-state index is 0.0335. The number of hydrogen-bond acceptors (Lipinski definition) is 4. The summed E-state index contributed by atoms with van der Waals surface area (Å²) in [5.41, 5.74) is 7.29. The lowest BCUT2D eigenvalue weighted by atomic mass is 10.0. The number of aryl methyl sites for hydroxylation is 1. The van der Waals surface area contributed by atoms with E-state index in [2.05, 4.69) is 40.6 Å². The highest BCUT2D eigenvalue weighted by Crippen LogP contribution is 2.19. The van der Waals surface area contributed by atoms with Crippen molar-refractivity contribution in [1.29, 1.82) is 0 Å². The second-order valence-electron chi connectivity index (χ2n) is 3.88. The van der Waals surface area contributed by atoms with Crippen LogP contribution in [0.5, 0.6) is 0 Å². The maximum Gasteiger partial charge on any atom is 0.138 e. The van der Waals surface area contributed by atoms with E-state index < -0.39 is 0 Å². The third-order valence-corrected chi connectivity index (χ3v) is 3.50. The highest BCUT2D eigenvalue weighted by atomic mass is 32.2. The van der Waals surface area contributed by atoms with Gasteiger partial charge in [-0.3, -0.25) is 4.68 Å². The number of thioether (sulfide) groups is 1. The van der Waals surface area contributed by atoms with Crippen molar-refractivity contribution in [2.24, 2.45) is 12.8 Å². The Kier molecular flexibility index (Phi) is 3.81. The summed E-state index contributed by atoms with van der Waals surface area (Å²) >= 11 is 1.73. The maximum atomic E-state index is 6.16. The Balaban J connectivity index is 2.09. The molecule has 0 saturated heterocycles. The number of benzene rings is 1. The van der Waals surface area contributed by atoms with E-state index in [0.717, 1.165) is 11.4 Å². The van der Waals surface area contributed by atoms with Crippen LogP contribution in [0, 0.1) is 0 Å². The summed E-state index contributed by atoms with van der Waals surface area (Å²) in [6, 6.07) is 8.31. The largest absolute Gasteiger partial charge is 0.324 e. The fourth-order valence-corrected chi connectivity index (χ4v) is 2.08. The second kappa shape index (κ2) is 5.33. The quantitative estimate of drug-likeness (QED) is 0.838. The molecule has 1 unspecified atom stereocenters. The molecule has 1 aromatic heterocycles. The van der Waals surface area contributed by atoms with Crippen molar-refractivity contribution in [1.82, 2.24) is 14.8 Å². The molecule has 0 bridgehead atoms. The minimum atomic E-state index is -0.0335. The smallest absolute Gasteiger partial charge is 0.138 e. The Bertz CT molecular complexity index is 478. The van der Waals surface area contributed by atoms with E-state index in [4.69, 9.17) is 5.73 Å². The van der Waals surface area contributed by atoms with Crippen LogP contribution in [-0.4, -0.2) is 21.0 Å². The summed E-state index contributed by atoms with van der Waals surface area (Å²) < 4.78 is 1.76. The van der Waals surface area contributed by atoms with Crippen molar-refractivity contribution in [3.63, 3.8) is 0 Å². The zero-order valence-electron chi connectivity index (χ0n) is 10.00. The van der Waals surface area contributed by atoms with Crippen LogP contribution >= 0.6 is 11.8 Å². The van der Waals surface area contributed by atoms with Gasteiger partial charge in [-0.05, 0) is 24.0 Å². The number of aromatic nitrogens is 3. The summed E-state index contributed by atoms with van der Waals surface area (Å²) in [4.78, 5) is 5.43. The van der Waals surface area contributed by atoms with E-state index in [1.807, 2.05) is 7.05 Å². The van der Waals surface area contributed by atoms with Gasteiger partial charge in [-0.2, -0.15) is 5.10 Å². The first-order valence-electron chi connectivity index (χ1n) is 5.43. The topological polar surface area (TPSA) is 56.7 Å². The molecule has 1 heterocycles. The van der Waals surface area contributed by atoms with Crippen molar-refractivity contribution in [3.8, 4) is 0 Å². The van der Waals surface area contributed by atoms with Crippen LogP contribution in [0.25, 0.3) is 0 Å². The summed E-state index contributed by atoms with van der Waals surface area (Å²) in [6.07, 6.45) is 4.32. The van der Waals surface area contributed by atoms with E-state index in [0.29, 0.717) is 6.42 Å². The maximum absolute atomic E-state index is 6.16. The normalized spacial score (nSPS) is 12.6. The first kappa shape index (κ1) is 12.1. The van der Waals surface area contributed by atoms with Crippen LogP contribution < -0.4 is 5.73 Å². The van der Waals surface area contributed by atoms with Crippen molar-refractivity contribution >= 4 is 11.8 Å². The number of nitrogens with two attached hydrogens (primary N) is 1. The molecule has 5 heteroatoms. The molecule has 4 nitrogen and oxygen atoms in total. The van der Waals surface area contributed by atoms with E-state index in [1.165, 1.54) is 4.90 Å². The molecule has 2 aromatic rings. The Labute approximate surface area is 105 Å². The van der Waals surface area contributed by atoms with Crippen LogP contribution in [-0.2, 0) is 13.5 Å². The molecule has 0 fully saturated rings. The average Bonchev–Trinajstić information content (AvgIpc) is 2.75. The van der Waals surface area contributed by atoms with E-state index in [-0.39, 0.29) is 6.04 Å². The Morgan fingerprint density at radius 1 is 1.35 bits per heavy atom. The molecule has 90 valence electrons. The zero-order chi connectivity index (χ0) is 12.3. The van der Waals surface area contributed by atoms with Crippen molar-refractivity contribution in [2.45, 2.75) is 17.4 Å². The molecule has 0 radical (unpaired) electrons. The van der Waals surface area contributed by atoms with Gasteiger partial charge in [0.2, 0.25) is 0 Å². The molecule has 17 heavy (non-hydrogen) atoms. The van der Waals surface area contributed by atoms with Crippen LogP contribution in [0.1, 0.15) is 17.4 Å². The van der Waals surface area contributed by atoms with E-state index >= 15 is 0 Å². The first-order valence-corrected chi connectivity index (χ1v) is 6.65. The Morgan fingerprint density at radius 2 is 2.06 bits per heavy atom. The van der Waals surface area contributed by atoms with Gasteiger partial charge in [0, 0.05) is 24.4 Å². The van der Waals surface area contributed by atoms with Crippen LogP contribution in [0.2, 0.25) is 0 Å². The lowest BCUT2D eigenvalue weighted by Gasteiger charge is -2.11. The van der Waals surface area contributed by atoms with Gasteiger partial charge < -0.3 is 5.73 Å². The fourth-order valence-electron chi connectivity index (χ4n) is 1.67. The lowest BCUT2D eigenvalue weighted by Crippen LogP contribution is -2.16. The van der Waals surface area contributed by atoms with E-state index in [1.54, 1.807) is 22.8 Å². The first-order chi connectivity index (χ1) is 8.20. The van der Waals surface area contributed by atoms with Gasteiger partial charge in [0.25, 0.3) is 0 Å². The van der Waals surface area contributed by atoms with Gasteiger partial charge in [-0.15, -0.1) is 11.8 Å². The molecule has 1 aromatic carbocycles. The van der Waals surface area contributed by atoms with Gasteiger partial charge in [0.1, 0.15) is 12.2 Å². The zero-order valence-corrected chi connectivity index (χ0v) is 10.8. The minimum Gasteiger partial charge on any atom is -0.324 e. The molecule has 0 aliphatic carbocycles. The third-order valence-electron chi connectivity index (χ3n) is 2.75. The Morgan fingerprint density at radius 3 is 2.59 bits per heavy atom. The monoisotopic (exact) mass is 248 g/mol. The standard InChI is InChI=1S/C12H16N4S/c1-16-12(14-8-15-16)7-11(13)9-3-5-10(17-2)6-4-9/h3-6,8,11H,7,13H2,1-2H3. The predicted octanol–water partition coefficient (Wildman–Crippen LogP) is 1.78. The molecule has 2 N–H and O–H groups in total. The molecular weight excluding hydrogens is 232 g/mol. The predicted molar refractivity (Wildman–Crippen MR) is 69.9 cm³/mol. The average molecular weight is 248 g/mol. The van der Waals surface area contributed by atoms with E-state index in [9.17, 15) is 0 Å². The molecule has 0 spiro atoms. The SMILES string of the molecule is CSc1ccc(C(N)Cc2ncnn2C)cc1. The Hall–Kier alpha value is -1.33. The summed E-state index contributed by atoms with van der Waals surface area (Å²) in [5.74, 6) is 0.909. The highest BCUT2D eigenvalue weighted by Gasteiger charge is 2.10. The van der Waals surface area contributed by atoms with Crippen molar-refractivity contribution in [3.05, 3.63) is 42.0 Å². The molecule has 0 saturated carbocycles. The molecule has 0 amide bonds. The number of rotatable bonds is 4. The molecule has 1 atom stereocenters. The summed E-state index contributed by atoms with van der Waals surface area (Å²) in [6.45, 7) is 0. The summed E-state index contributed by atoms with van der Waals surface area (Å²) in [5, 5.41) is 4.04. The van der Waals surface area contributed by atoms with Gasteiger partial charge in [-0.25, -0.2) is 4.98 Å². The highest BCUT2D eigenvalue weighted by molar-refractivity contribution is 7.98. The van der Waals surface area contributed by atoms with Crippen LogP contribution in [0.4, 0.5) is 0 Å². The van der Waals surface area contributed by atoms with Gasteiger partial charge in [0.05, 0.1) is 0 Å². The number of nitrogens with zero attached hydrogens (tertiary/aromatic N) is 3. The van der Waals surface area contributed by atoms with Crippen LogP contribution in [0.15, 0.2) is 35.5 Å². The second-order valence-corrected chi connectivity index (χ2v) is 4.76. The fraction of sp³-hybridized carbons (Fsp3) is 0.333. The molecule has 0 aliphatic rings. The summed E-state index contributed by atoms with van der Waals surface area (Å²) in [7, 11) is 1.88. The lowest BCUT2D eigenvalue weighted by molar-refractivity contribution is 0.629. The third kappa shape index (κ3) is 2.87. The van der Waals surface area contributed by atoms with Gasteiger partial charge >= 0.3 is 0 Å². The van der Waals surface area contributed by atoms with Gasteiger partial charge in [0.15, 0.2) is 0 Å². The van der Waals surface area contributed by atoms with Crippen molar-refractivity contribution < 1.29 is 0 Å². The van der Waals surface area contributed by atoms with Gasteiger partial charge in [-0.1, -0.05) is 12.1 Å².